The maximum atomic E-state index is 3.73. The summed E-state index contributed by atoms with van der Waals surface area (Å²) in [5.41, 5.74) is 2.81. The Kier molecular flexibility index (Phi) is 4.67. The van der Waals surface area contributed by atoms with E-state index in [-0.39, 0.29) is 0 Å². The predicted octanol–water partition coefficient (Wildman–Crippen LogP) is 4.73. The van der Waals surface area contributed by atoms with Crippen LogP contribution in [-0.2, 0) is 6.42 Å². The van der Waals surface area contributed by atoms with Crippen LogP contribution in [0.2, 0.25) is 0 Å². The molecule has 0 bridgehead atoms. The first-order chi connectivity index (χ1) is 6.63. The van der Waals surface area contributed by atoms with Gasteiger partial charge in [-0.3, -0.25) is 0 Å². The van der Waals surface area contributed by atoms with Gasteiger partial charge in [-0.25, -0.2) is 0 Å². The summed E-state index contributed by atoms with van der Waals surface area (Å²) < 4.78 is 0. The fraction of sp³-hybridized carbons (Fsp3) is 0.538. The molecule has 0 N–H and O–H groups in total. The normalized spacial score (nSPS) is 13.2. The average Bonchev–Trinajstić information content (AvgIpc) is 2.17. The smallest absolute Gasteiger partial charge is 0.0397 e. The maximum absolute atomic E-state index is 3.73. The quantitative estimate of drug-likeness (QED) is 0.682. The Morgan fingerprint density at radius 3 is 2.14 bits per heavy atom. The third-order valence-corrected chi connectivity index (χ3v) is 3.33. The first-order valence-electron chi connectivity index (χ1n) is 5.36. The Morgan fingerprint density at radius 2 is 1.71 bits per heavy atom. The highest BCUT2D eigenvalue weighted by Gasteiger charge is 2.08. The van der Waals surface area contributed by atoms with Gasteiger partial charge in [0.05, 0.1) is 0 Å². The topological polar surface area (TPSA) is 0 Å². The van der Waals surface area contributed by atoms with Crippen LogP contribution in [0.15, 0.2) is 24.3 Å². The molecule has 0 saturated heterocycles. The molecule has 1 atom stereocenters. The van der Waals surface area contributed by atoms with Gasteiger partial charge in [0, 0.05) is 4.83 Å². The number of hydrogen-bond acceptors (Lipinski definition) is 0. The van der Waals surface area contributed by atoms with E-state index in [1.807, 2.05) is 0 Å². The van der Waals surface area contributed by atoms with Gasteiger partial charge >= 0.3 is 0 Å². The van der Waals surface area contributed by atoms with E-state index in [9.17, 15) is 0 Å². The summed E-state index contributed by atoms with van der Waals surface area (Å²) in [4.78, 5) is 0.508. The summed E-state index contributed by atoms with van der Waals surface area (Å²) in [6.07, 6.45) is 2.32. The van der Waals surface area contributed by atoms with Gasteiger partial charge in [0.25, 0.3) is 0 Å². The maximum Gasteiger partial charge on any atom is 0.0397 e. The summed E-state index contributed by atoms with van der Waals surface area (Å²) in [5.74, 6) is 0.741. The van der Waals surface area contributed by atoms with Gasteiger partial charge in [-0.1, -0.05) is 61.0 Å². The molecule has 0 aliphatic carbocycles. The fourth-order valence-corrected chi connectivity index (χ4v) is 2.56. The molecule has 0 nitrogen and oxygen atoms in total. The van der Waals surface area contributed by atoms with Gasteiger partial charge in [0.1, 0.15) is 0 Å². The van der Waals surface area contributed by atoms with E-state index < -0.39 is 0 Å². The monoisotopic (exact) mass is 254 g/mol. The van der Waals surface area contributed by atoms with Crippen LogP contribution in [-0.4, -0.2) is 0 Å². The van der Waals surface area contributed by atoms with E-state index in [1.54, 1.807) is 0 Å². The highest BCUT2D eigenvalue weighted by atomic mass is 79.9. The second-order valence-corrected chi connectivity index (χ2v) is 5.30. The minimum atomic E-state index is 0.508. The minimum absolute atomic E-state index is 0.508. The van der Waals surface area contributed by atoms with Crippen LogP contribution < -0.4 is 0 Å². The molecule has 0 aliphatic heterocycles. The fourth-order valence-electron chi connectivity index (χ4n) is 1.51. The zero-order chi connectivity index (χ0) is 10.6. The average molecular weight is 255 g/mol. The molecule has 0 saturated carbocycles. The van der Waals surface area contributed by atoms with Crippen molar-refractivity contribution in [3.8, 4) is 0 Å². The molecule has 0 aromatic heterocycles. The molecular formula is C13H19Br. The Labute approximate surface area is 95.9 Å². The van der Waals surface area contributed by atoms with Crippen LogP contribution in [0.3, 0.4) is 0 Å². The molecular weight excluding hydrogens is 236 g/mol. The van der Waals surface area contributed by atoms with E-state index in [0.717, 1.165) is 12.3 Å². The number of aryl methyl sites for hydroxylation is 1. The lowest BCUT2D eigenvalue weighted by Gasteiger charge is -2.12. The zero-order valence-corrected chi connectivity index (χ0v) is 10.8. The SMILES string of the molecule is CCc1ccc([C@@H](Br)CC(C)C)cc1. The molecule has 0 unspecified atom stereocenters. The number of alkyl halides is 1. The third kappa shape index (κ3) is 3.45. The third-order valence-electron chi connectivity index (χ3n) is 2.43. The van der Waals surface area contributed by atoms with Gasteiger partial charge < -0.3 is 0 Å². The molecule has 0 fully saturated rings. The van der Waals surface area contributed by atoms with Gasteiger partial charge in [-0.15, -0.1) is 0 Å². The number of halogens is 1. The Bertz CT molecular complexity index is 261. The molecule has 0 heterocycles. The summed E-state index contributed by atoms with van der Waals surface area (Å²) >= 11 is 3.73. The van der Waals surface area contributed by atoms with Gasteiger partial charge in [0.15, 0.2) is 0 Å². The standard InChI is InChI=1S/C13H19Br/c1-4-11-5-7-12(8-6-11)13(14)9-10(2)3/h5-8,10,13H,4,9H2,1-3H3/t13-/m0/s1. The molecule has 1 aromatic carbocycles. The Hall–Kier alpha value is -0.300. The molecule has 14 heavy (non-hydrogen) atoms. The van der Waals surface area contributed by atoms with Crippen LogP contribution in [0.1, 0.15) is 43.1 Å². The zero-order valence-electron chi connectivity index (χ0n) is 9.26. The molecule has 78 valence electrons. The molecule has 1 aromatic rings. The van der Waals surface area contributed by atoms with Crippen molar-refractivity contribution in [2.75, 3.05) is 0 Å². The van der Waals surface area contributed by atoms with Crippen molar-refractivity contribution in [1.82, 2.24) is 0 Å². The van der Waals surface area contributed by atoms with Gasteiger partial charge in [-0.2, -0.15) is 0 Å². The number of hydrogen-bond donors (Lipinski definition) is 0. The number of benzene rings is 1. The lowest BCUT2D eigenvalue weighted by atomic mass is 10.0. The van der Waals surface area contributed by atoms with Crippen LogP contribution in [0, 0.1) is 5.92 Å². The van der Waals surface area contributed by atoms with Crippen molar-refractivity contribution < 1.29 is 0 Å². The molecule has 0 aliphatic rings. The molecule has 0 spiro atoms. The molecule has 0 amide bonds. The summed E-state index contributed by atoms with van der Waals surface area (Å²) in [6, 6.07) is 8.93. The molecule has 0 radical (unpaired) electrons. The lowest BCUT2D eigenvalue weighted by Crippen LogP contribution is -1.96. The summed E-state index contributed by atoms with van der Waals surface area (Å²) in [6.45, 7) is 6.71. The van der Waals surface area contributed by atoms with Crippen LogP contribution >= 0.6 is 15.9 Å². The lowest BCUT2D eigenvalue weighted by molar-refractivity contribution is 0.583. The largest absolute Gasteiger partial charge is 0.0839 e. The van der Waals surface area contributed by atoms with E-state index in [1.165, 1.54) is 17.5 Å². The van der Waals surface area contributed by atoms with E-state index in [2.05, 4.69) is 61.0 Å². The van der Waals surface area contributed by atoms with Crippen LogP contribution in [0.4, 0.5) is 0 Å². The van der Waals surface area contributed by atoms with Crippen molar-refractivity contribution in [3.05, 3.63) is 35.4 Å². The first-order valence-corrected chi connectivity index (χ1v) is 6.28. The Morgan fingerprint density at radius 1 is 1.14 bits per heavy atom. The first kappa shape index (κ1) is 11.8. The summed E-state index contributed by atoms with van der Waals surface area (Å²) in [5, 5.41) is 0. The molecule has 1 rings (SSSR count). The predicted molar refractivity (Wildman–Crippen MR) is 66.9 cm³/mol. The van der Waals surface area contributed by atoms with Gasteiger partial charge in [-0.05, 0) is 29.9 Å². The van der Waals surface area contributed by atoms with Crippen molar-refractivity contribution in [2.24, 2.45) is 5.92 Å². The summed E-state index contributed by atoms with van der Waals surface area (Å²) in [7, 11) is 0. The highest BCUT2D eigenvalue weighted by molar-refractivity contribution is 9.09. The second kappa shape index (κ2) is 5.55. The van der Waals surface area contributed by atoms with E-state index >= 15 is 0 Å². The van der Waals surface area contributed by atoms with Crippen molar-refractivity contribution in [3.63, 3.8) is 0 Å². The van der Waals surface area contributed by atoms with Crippen molar-refractivity contribution in [2.45, 2.75) is 38.4 Å². The highest BCUT2D eigenvalue weighted by Crippen LogP contribution is 2.29. The van der Waals surface area contributed by atoms with Gasteiger partial charge in [0.2, 0.25) is 0 Å². The van der Waals surface area contributed by atoms with Crippen LogP contribution in [0.5, 0.6) is 0 Å². The van der Waals surface area contributed by atoms with Crippen molar-refractivity contribution in [1.29, 1.82) is 0 Å². The Balaban J connectivity index is 2.66. The van der Waals surface area contributed by atoms with Crippen molar-refractivity contribution >= 4 is 15.9 Å². The number of rotatable bonds is 4. The minimum Gasteiger partial charge on any atom is -0.0839 e. The van der Waals surface area contributed by atoms with E-state index in [4.69, 9.17) is 0 Å². The molecule has 1 heteroatoms. The van der Waals surface area contributed by atoms with E-state index in [0.29, 0.717) is 4.83 Å². The second-order valence-electron chi connectivity index (χ2n) is 4.19. The van der Waals surface area contributed by atoms with Crippen LogP contribution in [0.25, 0.3) is 0 Å².